The summed E-state index contributed by atoms with van der Waals surface area (Å²) in [6, 6.07) is 0. The first-order valence-corrected chi connectivity index (χ1v) is 3.93. The number of carboxylic acids is 1. The Hall–Kier alpha value is -0.0365. The second-order valence-corrected chi connectivity index (χ2v) is 2.57. The molecule has 2 nitrogen and oxygen atoms in total. The largest absolute Gasteiger partial charge is 2.00 e. The topological polar surface area (TPSA) is 40.1 Å². The van der Waals surface area contributed by atoms with E-state index in [1.807, 2.05) is 6.92 Å². The van der Waals surface area contributed by atoms with Crippen LogP contribution in [0, 0.1) is 5.92 Å². The summed E-state index contributed by atoms with van der Waals surface area (Å²) in [4.78, 5) is 10.3. The molecule has 0 rings (SSSR count). The van der Waals surface area contributed by atoms with Crippen LogP contribution in [0.1, 0.15) is 39.5 Å². The Morgan fingerprint density at radius 2 is 2.00 bits per heavy atom. The molecule has 0 aliphatic rings. The SMILES string of the molecule is CCCCC(CC)C(=O)[O-].[Ni+2]. The van der Waals surface area contributed by atoms with Crippen LogP contribution in [0.25, 0.3) is 0 Å². The zero-order chi connectivity index (χ0) is 7.98. The maximum Gasteiger partial charge on any atom is 2.00 e. The van der Waals surface area contributed by atoms with Crippen molar-refractivity contribution in [1.29, 1.82) is 0 Å². The predicted molar refractivity (Wildman–Crippen MR) is 38.3 cm³/mol. The summed E-state index contributed by atoms with van der Waals surface area (Å²) in [5.41, 5.74) is 0. The molecule has 0 aliphatic heterocycles. The number of unbranched alkanes of at least 4 members (excludes halogenated alkanes) is 1. The van der Waals surface area contributed by atoms with Crippen molar-refractivity contribution in [3.05, 3.63) is 0 Å². The molecule has 11 heavy (non-hydrogen) atoms. The summed E-state index contributed by atoms with van der Waals surface area (Å²) in [7, 11) is 0. The molecule has 0 saturated carbocycles. The molecule has 1 atom stereocenters. The van der Waals surface area contributed by atoms with Gasteiger partial charge in [0.25, 0.3) is 0 Å². The number of carbonyl (C=O) groups excluding carboxylic acids is 1. The van der Waals surface area contributed by atoms with Gasteiger partial charge >= 0.3 is 16.5 Å². The van der Waals surface area contributed by atoms with Gasteiger partial charge in [-0.1, -0.05) is 26.7 Å². The van der Waals surface area contributed by atoms with Gasteiger partial charge in [-0.05, 0) is 18.8 Å². The van der Waals surface area contributed by atoms with Crippen molar-refractivity contribution in [3.63, 3.8) is 0 Å². The van der Waals surface area contributed by atoms with Crippen LogP contribution in [0.2, 0.25) is 0 Å². The molecule has 0 heterocycles. The van der Waals surface area contributed by atoms with Crippen molar-refractivity contribution >= 4 is 5.97 Å². The molecule has 0 radical (unpaired) electrons. The molecule has 68 valence electrons. The Kier molecular flexibility index (Phi) is 9.93. The third kappa shape index (κ3) is 6.36. The van der Waals surface area contributed by atoms with E-state index < -0.39 is 5.97 Å². The molecule has 0 aromatic heterocycles. The number of hydrogen-bond acceptors (Lipinski definition) is 2. The van der Waals surface area contributed by atoms with Crippen LogP contribution in [0.5, 0.6) is 0 Å². The van der Waals surface area contributed by atoms with Crippen LogP contribution in [-0.4, -0.2) is 5.97 Å². The molecule has 0 N–H and O–H groups in total. The number of carbonyl (C=O) groups is 1. The molecular weight excluding hydrogens is 187 g/mol. The van der Waals surface area contributed by atoms with E-state index in [-0.39, 0.29) is 22.4 Å². The number of rotatable bonds is 5. The van der Waals surface area contributed by atoms with Gasteiger partial charge < -0.3 is 9.90 Å². The molecule has 0 fully saturated rings. The molecule has 0 bridgehead atoms. The predicted octanol–water partition coefficient (Wildman–Crippen LogP) is 0.950. The Morgan fingerprint density at radius 3 is 2.27 bits per heavy atom. The third-order valence-electron chi connectivity index (χ3n) is 1.73. The van der Waals surface area contributed by atoms with Gasteiger partial charge in [0.1, 0.15) is 0 Å². The summed E-state index contributed by atoms with van der Waals surface area (Å²) in [5, 5.41) is 10.3. The molecule has 1 unspecified atom stereocenters. The van der Waals surface area contributed by atoms with E-state index in [1.165, 1.54) is 0 Å². The number of hydrogen-bond donors (Lipinski definition) is 0. The van der Waals surface area contributed by atoms with Gasteiger partial charge in [-0.25, -0.2) is 0 Å². The smallest absolute Gasteiger partial charge is 0.550 e. The molecule has 0 aromatic carbocycles. The zero-order valence-corrected chi connectivity index (χ0v) is 8.03. The van der Waals surface area contributed by atoms with Crippen molar-refractivity contribution in [1.82, 2.24) is 0 Å². The van der Waals surface area contributed by atoms with Crippen LogP contribution in [0.3, 0.4) is 0 Å². The monoisotopic (exact) mass is 201 g/mol. The van der Waals surface area contributed by atoms with Crippen molar-refractivity contribution in [2.75, 3.05) is 0 Å². The molecule has 3 heteroatoms. The third-order valence-corrected chi connectivity index (χ3v) is 1.73. The average Bonchev–Trinajstić information content (AvgIpc) is 1.89. The first kappa shape index (κ1) is 13.5. The second-order valence-electron chi connectivity index (χ2n) is 2.57. The Labute approximate surface area is 78.3 Å². The maximum absolute atomic E-state index is 10.3. The molecule has 0 saturated heterocycles. The van der Waals surface area contributed by atoms with E-state index in [0.717, 1.165) is 19.3 Å². The van der Waals surface area contributed by atoms with E-state index in [2.05, 4.69) is 6.92 Å². The zero-order valence-electron chi connectivity index (χ0n) is 7.04. The van der Waals surface area contributed by atoms with E-state index in [0.29, 0.717) is 6.42 Å². The van der Waals surface area contributed by atoms with Gasteiger partial charge in [0.2, 0.25) is 0 Å². The van der Waals surface area contributed by atoms with Crippen LogP contribution in [0.15, 0.2) is 0 Å². The van der Waals surface area contributed by atoms with Crippen LogP contribution in [-0.2, 0) is 21.3 Å². The van der Waals surface area contributed by atoms with Crippen molar-refractivity contribution < 1.29 is 26.4 Å². The first-order chi connectivity index (χ1) is 4.72. The fourth-order valence-electron chi connectivity index (χ4n) is 0.939. The van der Waals surface area contributed by atoms with Gasteiger partial charge in [-0.3, -0.25) is 0 Å². The average molecular weight is 202 g/mol. The standard InChI is InChI=1S/C8H16O2.Ni/c1-3-5-6-7(4-2)8(9)10;/h7H,3-6H2,1-2H3,(H,9,10);/q;+2/p-1. The molecular formula is C8H15NiO2+. The van der Waals surface area contributed by atoms with Gasteiger partial charge in [0.05, 0.1) is 0 Å². The van der Waals surface area contributed by atoms with E-state index in [1.54, 1.807) is 0 Å². The van der Waals surface area contributed by atoms with E-state index >= 15 is 0 Å². The van der Waals surface area contributed by atoms with E-state index in [4.69, 9.17) is 0 Å². The Balaban J connectivity index is 0. The summed E-state index contributed by atoms with van der Waals surface area (Å²) in [5.74, 6) is -1.11. The summed E-state index contributed by atoms with van der Waals surface area (Å²) in [6.07, 6.45) is 3.52. The van der Waals surface area contributed by atoms with Gasteiger partial charge in [-0.2, -0.15) is 0 Å². The molecule has 0 aliphatic carbocycles. The molecule has 0 aromatic rings. The van der Waals surface area contributed by atoms with E-state index in [9.17, 15) is 9.90 Å². The van der Waals surface area contributed by atoms with Crippen molar-refractivity contribution in [3.8, 4) is 0 Å². The minimum Gasteiger partial charge on any atom is -0.550 e. The van der Waals surface area contributed by atoms with Crippen molar-refractivity contribution in [2.45, 2.75) is 39.5 Å². The fraction of sp³-hybridized carbons (Fsp3) is 0.875. The minimum absolute atomic E-state index is 0. The second kappa shape index (κ2) is 8.06. The fourth-order valence-corrected chi connectivity index (χ4v) is 0.939. The summed E-state index contributed by atoms with van der Waals surface area (Å²) < 4.78 is 0. The van der Waals surface area contributed by atoms with Crippen LogP contribution in [0.4, 0.5) is 0 Å². The maximum atomic E-state index is 10.3. The van der Waals surface area contributed by atoms with Crippen LogP contribution < -0.4 is 5.11 Å². The van der Waals surface area contributed by atoms with Gasteiger partial charge in [0.15, 0.2) is 0 Å². The Morgan fingerprint density at radius 1 is 1.45 bits per heavy atom. The quantitative estimate of drug-likeness (QED) is 0.622. The van der Waals surface area contributed by atoms with Crippen LogP contribution >= 0.6 is 0 Å². The molecule has 0 amide bonds. The normalized spacial score (nSPS) is 11.8. The van der Waals surface area contributed by atoms with Crippen molar-refractivity contribution in [2.24, 2.45) is 5.92 Å². The molecule has 0 spiro atoms. The first-order valence-electron chi connectivity index (χ1n) is 3.93. The summed E-state index contributed by atoms with van der Waals surface area (Å²) in [6.45, 7) is 3.94. The van der Waals surface area contributed by atoms with Gasteiger partial charge in [-0.15, -0.1) is 0 Å². The number of aliphatic carboxylic acids is 1. The number of carboxylic acid groups (broad SMARTS) is 1. The van der Waals surface area contributed by atoms with Gasteiger partial charge in [0, 0.05) is 5.97 Å². The summed E-state index contributed by atoms with van der Waals surface area (Å²) >= 11 is 0. The minimum atomic E-state index is -0.893. The Bertz CT molecular complexity index is 104.